The van der Waals surface area contributed by atoms with E-state index < -0.39 is 0 Å². The lowest BCUT2D eigenvalue weighted by atomic mass is 9.80. The van der Waals surface area contributed by atoms with Gasteiger partial charge in [0, 0.05) is 30.8 Å². The third-order valence-corrected chi connectivity index (χ3v) is 4.15. The molecule has 1 heterocycles. The first-order chi connectivity index (χ1) is 7.26. The van der Waals surface area contributed by atoms with Gasteiger partial charge in [-0.05, 0) is 30.7 Å². The fourth-order valence-corrected chi connectivity index (χ4v) is 2.69. The van der Waals surface area contributed by atoms with E-state index in [0.717, 1.165) is 18.8 Å². The van der Waals surface area contributed by atoms with Gasteiger partial charge in [0.2, 0.25) is 0 Å². The molecule has 1 aromatic heterocycles. The van der Waals surface area contributed by atoms with Gasteiger partial charge in [0.05, 0.1) is 5.60 Å². The Morgan fingerprint density at radius 3 is 2.87 bits per heavy atom. The predicted octanol–water partition coefficient (Wildman–Crippen LogP) is 1.99. The molecule has 84 valence electrons. The number of nitrogens with one attached hydrogen (secondary N) is 1. The summed E-state index contributed by atoms with van der Waals surface area (Å²) in [6.45, 7) is 1.79. The van der Waals surface area contributed by atoms with Crippen LogP contribution in [0.5, 0.6) is 0 Å². The summed E-state index contributed by atoms with van der Waals surface area (Å²) in [5.41, 5.74) is 6.81. The molecule has 0 bridgehead atoms. The first kappa shape index (κ1) is 10.9. The fourth-order valence-electron chi connectivity index (χ4n) is 1.92. The third-order valence-electron chi connectivity index (χ3n) is 3.21. The average molecular weight is 226 g/mol. The van der Waals surface area contributed by atoms with Crippen LogP contribution in [0.15, 0.2) is 11.4 Å². The van der Waals surface area contributed by atoms with E-state index in [-0.39, 0.29) is 5.60 Å². The molecule has 0 radical (unpaired) electrons. The Balaban J connectivity index is 1.77. The van der Waals surface area contributed by atoms with Gasteiger partial charge >= 0.3 is 0 Å². The Morgan fingerprint density at radius 1 is 1.60 bits per heavy atom. The number of methoxy groups -OCH3 is 1. The number of hydrogen-bond acceptors (Lipinski definition) is 4. The Labute approximate surface area is 94.6 Å². The van der Waals surface area contributed by atoms with Crippen LogP contribution >= 0.6 is 11.3 Å². The van der Waals surface area contributed by atoms with Crippen molar-refractivity contribution < 1.29 is 4.74 Å². The average Bonchev–Trinajstić information content (AvgIpc) is 2.57. The van der Waals surface area contributed by atoms with Gasteiger partial charge in [-0.1, -0.05) is 0 Å². The van der Waals surface area contributed by atoms with E-state index in [4.69, 9.17) is 10.5 Å². The van der Waals surface area contributed by atoms with E-state index >= 15 is 0 Å². The lowest BCUT2D eigenvalue weighted by molar-refractivity contribution is -0.0695. The maximum atomic E-state index is 5.81. The van der Waals surface area contributed by atoms with E-state index in [2.05, 4.69) is 5.32 Å². The van der Waals surface area contributed by atoms with E-state index in [1.54, 1.807) is 18.4 Å². The zero-order valence-corrected chi connectivity index (χ0v) is 9.90. The van der Waals surface area contributed by atoms with Crippen molar-refractivity contribution in [3.8, 4) is 0 Å². The van der Waals surface area contributed by atoms with Crippen molar-refractivity contribution in [3.05, 3.63) is 16.3 Å². The van der Waals surface area contributed by atoms with Crippen molar-refractivity contribution in [2.24, 2.45) is 0 Å². The lowest BCUT2D eigenvalue weighted by Crippen LogP contribution is -2.47. The number of ether oxygens (including phenoxy) is 1. The van der Waals surface area contributed by atoms with Crippen molar-refractivity contribution in [1.82, 2.24) is 5.32 Å². The minimum absolute atomic E-state index is 0.103. The van der Waals surface area contributed by atoms with Gasteiger partial charge in [-0.25, -0.2) is 0 Å². The summed E-state index contributed by atoms with van der Waals surface area (Å²) in [7, 11) is 1.81. The minimum atomic E-state index is 0.103. The molecule has 1 aliphatic carbocycles. The van der Waals surface area contributed by atoms with E-state index in [9.17, 15) is 0 Å². The maximum Gasteiger partial charge on any atom is 0.0802 e. The summed E-state index contributed by atoms with van der Waals surface area (Å²) in [6.07, 6.45) is 3.64. The standard InChI is InChI=1S/C11H18N2OS/c1-14-11(4-2-5-11)8-13-7-10-9(12)3-6-15-10/h3,6,13H,2,4-5,7-8,12H2,1H3. The van der Waals surface area contributed by atoms with Gasteiger partial charge in [0.15, 0.2) is 0 Å². The van der Waals surface area contributed by atoms with Crippen LogP contribution in [0.25, 0.3) is 0 Å². The number of nitrogen functional groups attached to an aromatic ring is 1. The van der Waals surface area contributed by atoms with Crippen LogP contribution in [0.4, 0.5) is 5.69 Å². The van der Waals surface area contributed by atoms with Crippen molar-refractivity contribution in [3.63, 3.8) is 0 Å². The molecule has 1 saturated carbocycles. The second kappa shape index (κ2) is 4.51. The number of thiophene rings is 1. The maximum absolute atomic E-state index is 5.81. The minimum Gasteiger partial charge on any atom is -0.398 e. The van der Waals surface area contributed by atoms with E-state index in [1.807, 2.05) is 11.4 Å². The monoisotopic (exact) mass is 226 g/mol. The number of nitrogens with two attached hydrogens (primary N) is 1. The van der Waals surface area contributed by atoms with Crippen molar-refractivity contribution in [2.45, 2.75) is 31.4 Å². The van der Waals surface area contributed by atoms with E-state index in [1.165, 1.54) is 24.1 Å². The molecule has 1 aliphatic rings. The normalized spacial score (nSPS) is 18.7. The Hall–Kier alpha value is -0.580. The number of rotatable bonds is 5. The van der Waals surface area contributed by atoms with Gasteiger partial charge in [-0.2, -0.15) is 0 Å². The highest BCUT2D eigenvalue weighted by Gasteiger charge is 2.36. The fraction of sp³-hybridized carbons (Fsp3) is 0.636. The van der Waals surface area contributed by atoms with Crippen LogP contribution in [0.2, 0.25) is 0 Å². The second-order valence-corrected chi connectivity index (χ2v) is 5.14. The van der Waals surface area contributed by atoms with Gasteiger partial charge in [0.1, 0.15) is 0 Å². The van der Waals surface area contributed by atoms with Gasteiger partial charge < -0.3 is 15.8 Å². The van der Waals surface area contributed by atoms with Crippen LogP contribution in [-0.4, -0.2) is 19.3 Å². The Bertz CT molecular complexity index is 315. The van der Waals surface area contributed by atoms with Gasteiger partial charge in [0.25, 0.3) is 0 Å². The van der Waals surface area contributed by atoms with Crippen LogP contribution in [0, 0.1) is 0 Å². The molecule has 3 nitrogen and oxygen atoms in total. The first-order valence-corrected chi connectivity index (χ1v) is 6.21. The number of anilines is 1. The van der Waals surface area contributed by atoms with Crippen LogP contribution in [0.1, 0.15) is 24.1 Å². The molecule has 3 N–H and O–H groups in total. The van der Waals surface area contributed by atoms with E-state index in [0.29, 0.717) is 0 Å². The molecule has 1 fully saturated rings. The van der Waals surface area contributed by atoms with Crippen molar-refractivity contribution in [1.29, 1.82) is 0 Å². The second-order valence-electron chi connectivity index (χ2n) is 4.14. The van der Waals surface area contributed by atoms with Crippen LogP contribution < -0.4 is 11.1 Å². The zero-order valence-electron chi connectivity index (χ0n) is 9.08. The molecule has 0 unspecified atom stereocenters. The molecule has 1 aromatic rings. The molecule has 0 atom stereocenters. The lowest BCUT2D eigenvalue weighted by Gasteiger charge is -2.40. The molecule has 4 heteroatoms. The summed E-state index contributed by atoms with van der Waals surface area (Å²) in [5, 5.41) is 5.46. The van der Waals surface area contributed by atoms with Crippen LogP contribution in [-0.2, 0) is 11.3 Å². The smallest absolute Gasteiger partial charge is 0.0802 e. The molecule has 0 spiro atoms. The molecular formula is C11H18N2OS. The molecule has 0 aromatic carbocycles. The molecular weight excluding hydrogens is 208 g/mol. The summed E-state index contributed by atoms with van der Waals surface area (Å²) in [6, 6.07) is 1.96. The summed E-state index contributed by atoms with van der Waals surface area (Å²) < 4.78 is 5.53. The molecule has 0 amide bonds. The predicted molar refractivity (Wildman–Crippen MR) is 64.0 cm³/mol. The molecule has 15 heavy (non-hydrogen) atoms. The molecule has 2 rings (SSSR count). The summed E-state index contributed by atoms with van der Waals surface area (Å²) in [5.74, 6) is 0. The molecule has 0 saturated heterocycles. The first-order valence-electron chi connectivity index (χ1n) is 5.33. The highest BCUT2D eigenvalue weighted by molar-refractivity contribution is 7.10. The quantitative estimate of drug-likeness (QED) is 0.807. The topological polar surface area (TPSA) is 47.3 Å². The van der Waals surface area contributed by atoms with Crippen LogP contribution in [0.3, 0.4) is 0 Å². The number of hydrogen-bond donors (Lipinski definition) is 2. The Kier molecular flexibility index (Phi) is 3.29. The SMILES string of the molecule is COC1(CNCc2sccc2N)CCC1. The zero-order chi connectivity index (χ0) is 10.7. The Morgan fingerprint density at radius 2 is 2.40 bits per heavy atom. The van der Waals surface area contributed by atoms with Gasteiger partial charge in [-0.3, -0.25) is 0 Å². The summed E-state index contributed by atoms with van der Waals surface area (Å²) >= 11 is 1.71. The highest BCUT2D eigenvalue weighted by atomic mass is 32.1. The summed E-state index contributed by atoms with van der Waals surface area (Å²) in [4.78, 5) is 1.22. The largest absolute Gasteiger partial charge is 0.398 e. The third kappa shape index (κ3) is 2.33. The van der Waals surface area contributed by atoms with Crippen molar-refractivity contribution >= 4 is 17.0 Å². The highest BCUT2D eigenvalue weighted by Crippen LogP contribution is 2.34. The molecule has 0 aliphatic heterocycles. The van der Waals surface area contributed by atoms with Crippen molar-refractivity contribution in [2.75, 3.05) is 19.4 Å². The van der Waals surface area contributed by atoms with Gasteiger partial charge in [-0.15, -0.1) is 11.3 Å².